The molecular formula is C20H29ClFN7. The molecule has 29 heavy (non-hydrogen) atoms. The van der Waals surface area contributed by atoms with Gasteiger partial charge in [0.1, 0.15) is 18.5 Å². The number of nitrogens with zero attached hydrogens (tertiary/aromatic N) is 5. The van der Waals surface area contributed by atoms with Crippen molar-refractivity contribution >= 4 is 17.6 Å². The number of hydrogen-bond acceptors (Lipinski definition) is 4. The lowest BCUT2D eigenvalue weighted by molar-refractivity contribution is 0.192. The standard InChI is InChI=1S/C20H29ClFN7/c1-23-20(24-8-2-3-9-29-14-25-26-15-29)27-18-5-4-10-28(13-18)12-16-6-7-17(22)11-19(16)21/h6-7,11,14-15,18H,2-5,8-10,12-13H2,1H3,(H2,23,24,27). The number of halogens is 2. The number of piperidine rings is 1. The van der Waals surface area contributed by atoms with Crippen LogP contribution < -0.4 is 10.6 Å². The molecule has 1 aromatic carbocycles. The molecule has 1 atom stereocenters. The monoisotopic (exact) mass is 421 g/mol. The molecule has 2 heterocycles. The largest absolute Gasteiger partial charge is 0.356 e. The van der Waals surface area contributed by atoms with Crippen LogP contribution in [0, 0.1) is 5.82 Å². The molecule has 9 heteroatoms. The van der Waals surface area contributed by atoms with Crippen molar-refractivity contribution in [3.63, 3.8) is 0 Å². The molecule has 0 amide bonds. The maximum Gasteiger partial charge on any atom is 0.191 e. The van der Waals surface area contributed by atoms with Crippen molar-refractivity contribution in [1.29, 1.82) is 0 Å². The first-order valence-corrected chi connectivity index (χ1v) is 10.5. The van der Waals surface area contributed by atoms with Crippen LogP contribution in [0.25, 0.3) is 0 Å². The van der Waals surface area contributed by atoms with E-state index in [-0.39, 0.29) is 5.82 Å². The van der Waals surface area contributed by atoms with Crippen LogP contribution in [0.5, 0.6) is 0 Å². The van der Waals surface area contributed by atoms with Crippen LogP contribution in [-0.4, -0.2) is 58.3 Å². The van der Waals surface area contributed by atoms with Crippen molar-refractivity contribution < 1.29 is 4.39 Å². The van der Waals surface area contributed by atoms with Gasteiger partial charge in [-0.05, 0) is 49.9 Å². The number of unbranched alkanes of at least 4 members (excludes halogenated alkanes) is 1. The zero-order valence-electron chi connectivity index (χ0n) is 16.8. The Morgan fingerprint density at radius 2 is 2.14 bits per heavy atom. The smallest absolute Gasteiger partial charge is 0.191 e. The molecule has 7 nitrogen and oxygen atoms in total. The van der Waals surface area contributed by atoms with E-state index >= 15 is 0 Å². The van der Waals surface area contributed by atoms with Gasteiger partial charge in [0.25, 0.3) is 0 Å². The number of benzene rings is 1. The first-order chi connectivity index (χ1) is 14.1. The first kappa shape index (κ1) is 21.5. The number of nitrogens with one attached hydrogen (secondary N) is 2. The van der Waals surface area contributed by atoms with Gasteiger partial charge in [0.2, 0.25) is 0 Å². The zero-order valence-corrected chi connectivity index (χ0v) is 17.6. The highest BCUT2D eigenvalue weighted by molar-refractivity contribution is 6.31. The predicted molar refractivity (Wildman–Crippen MR) is 113 cm³/mol. The van der Waals surface area contributed by atoms with E-state index in [1.807, 2.05) is 4.57 Å². The predicted octanol–water partition coefficient (Wildman–Crippen LogP) is 2.68. The average molecular weight is 422 g/mol. The van der Waals surface area contributed by atoms with Crippen molar-refractivity contribution in [2.24, 2.45) is 4.99 Å². The summed E-state index contributed by atoms with van der Waals surface area (Å²) in [6.07, 6.45) is 7.77. The van der Waals surface area contributed by atoms with Gasteiger partial charge in [0, 0.05) is 44.3 Å². The van der Waals surface area contributed by atoms with E-state index in [0.29, 0.717) is 11.1 Å². The van der Waals surface area contributed by atoms with Crippen molar-refractivity contribution in [3.8, 4) is 0 Å². The summed E-state index contributed by atoms with van der Waals surface area (Å²) in [5, 5.41) is 15.0. The number of aryl methyl sites for hydroxylation is 1. The molecule has 1 saturated heterocycles. The van der Waals surface area contributed by atoms with Crippen molar-refractivity contribution in [3.05, 3.63) is 47.3 Å². The minimum absolute atomic E-state index is 0.298. The molecule has 1 aliphatic heterocycles. The molecule has 158 valence electrons. The summed E-state index contributed by atoms with van der Waals surface area (Å²) in [6, 6.07) is 4.95. The van der Waals surface area contributed by atoms with E-state index in [0.717, 1.165) is 69.9 Å². The van der Waals surface area contributed by atoms with Gasteiger partial charge in [0.15, 0.2) is 5.96 Å². The lowest BCUT2D eigenvalue weighted by Gasteiger charge is -2.34. The molecule has 0 spiro atoms. The van der Waals surface area contributed by atoms with Gasteiger partial charge in [-0.2, -0.15) is 0 Å². The Balaban J connectivity index is 1.39. The Hall–Kier alpha value is -2.19. The number of aliphatic imine (C=N–C) groups is 1. The first-order valence-electron chi connectivity index (χ1n) is 10.1. The Bertz CT molecular complexity index is 781. The second kappa shape index (κ2) is 11.1. The quantitative estimate of drug-likeness (QED) is 0.389. The highest BCUT2D eigenvalue weighted by atomic mass is 35.5. The molecule has 0 aliphatic carbocycles. The third-order valence-corrected chi connectivity index (χ3v) is 5.43. The molecule has 2 aromatic rings. The zero-order chi connectivity index (χ0) is 20.5. The Morgan fingerprint density at radius 3 is 2.90 bits per heavy atom. The van der Waals surface area contributed by atoms with Crippen molar-refractivity contribution in [2.75, 3.05) is 26.7 Å². The van der Waals surface area contributed by atoms with Gasteiger partial charge in [-0.15, -0.1) is 10.2 Å². The van der Waals surface area contributed by atoms with Crippen LogP contribution in [0.15, 0.2) is 35.8 Å². The number of guanidine groups is 1. The Labute approximate surface area is 176 Å². The van der Waals surface area contributed by atoms with E-state index in [2.05, 4.69) is 30.7 Å². The maximum atomic E-state index is 13.3. The summed E-state index contributed by atoms with van der Waals surface area (Å²) in [6.45, 7) is 4.43. The molecule has 0 radical (unpaired) electrons. The van der Waals surface area contributed by atoms with Gasteiger partial charge in [0.05, 0.1) is 0 Å². The second-order valence-electron chi connectivity index (χ2n) is 7.36. The molecule has 2 N–H and O–H groups in total. The molecular weight excluding hydrogens is 393 g/mol. The normalized spacial score (nSPS) is 18.0. The molecule has 0 bridgehead atoms. The lowest BCUT2D eigenvalue weighted by Crippen LogP contribution is -2.51. The number of hydrogen-bond donors (Lipinski definition) is 2. The fraction of sp³-hybridized carbons (Fsp3) is 0.550. The van der Waals surface area contributed by atoms with E-state index in [1.54, 1.807) is 25.8 Å². The summed E-state index contributed by atoms with van der Waals surface area (Å²) in [4.78, 5) is 6.70. The Morgan fingerprint density at radius 1 is 1.31 bits per heavy atom. The van der Waals surface area contributed by atoms with Gasteiger partial charge in [-0.25, -0.2) is 4.39 Å². The van der Waals surface area contributed by atoms with Crippen LogP contribution in [0.1, 0.15) is 31.2 Å². The van der Waals surface area contributed by atoms with Crippen molar-refractivity contribution in [1.82, 2.24) is 30.3 Å². The van der Waals surface area contributed by atoms with Crippen LogP contribution in [0.2, 0.25) is 5.02 Å². The summed E-state index contributed by atoms with van der Waals surface area (Å²) in [5.41, 5.74) is 0.962. The molecule has 3 rings (SSSR count). The van der Waals surface area contributed by atoms with E-state index in [4.69, 9.17) is 11.6 Å². The summed E-state index contributed by atoms with van der Waals surface area (Å²) < 4.78 is 15.2. The number of rotatable bonds is 8. The van der Waals surface area contributed by atoms with Gasteiger partial charge in [-0.3, -0.25) is 9.89 Å². The molecule has 0 saturated carbocycles. The van der Waals surface area contributed by atoms with E-state index in [1.165, 1.54) is 12.1 Å². The summed E-state index contributed by atoms with van der Waals surface area (Å²) in [7, 11) is 1.80. The third-order valence-electron chi connectivity index (χ3n) is 5.08. The lowest BCUT2D eigenvalue weighted by atomic mass is 10.0. The fourth-order valence-corrected chi connectivity index (χ4v) is 3.79. The minimum atomic E-state index is -0.298. The fourth-order valence-electron chi connectivity index (χ4n) is 3.56. The van der Waals surface area contributed by atoms with E-state index in [9.17, 15) is 4.39 Å². The van der Waals surface area contributed by atoms with Crippen molar-refractivity contribution in [2.45, 2.75) is 44.8 Å². The highest BCUT2D eigenvalue weighted by Gasteiger charge is 2.21. The SMILES string of the molecule is CN=C(NCCCCn1cnnc1)NC1CCCN(Cc2ccc(F)cc2Cl)C1. The van der Waals surface area contributed by atoms with Crippen LogP contribution in [-0.2, 0) is 13.1 Å². The van der Waals surface area contributed by atoms with Gasteiger partial charge < -0.3 is 15.2 Å². The van der Waals surface area contributed by atoms with Crippen LogP contribution in [0.3, 0.4) is 0 Å². The Kier molecular flexibility index (Phi) is 8.25. The molecule has 1 unspecified atom stereocenters. The maximum absolute atomic E-state index is 13.3. The van der Waals surface area contributed by atoms with E-state index < -0.39 is 0 Å². The minimum Gasteiger partial charge on any atom is -0.356 e. The average Bonchev–Trinajstić information content (AvgIpc) is 3.23. The summed E-state index contributed by atoms with van der Waals surface area (Å²) >= 11 is 6.19. The third kappa shape index (κ3) is 6.97. The number of aromatic nitrogens is 3. The van der Waals surface area contributed by atoms with Gasteiger partial charge >= 0.3 is 0 Å². The molecule has 1 aromatic heterocycles. The van der Waals surface area contributed by atoms with Crippen LogP contribution in [0.4, 0.5) is 4.39 Å². The second-order valence-corrected chi connectivity index (χ2v) is 7.77. The number of likely N-dealkylation sites (tertiary alicyclic amines) is 1. The summed E-state index contributed by atoms with van der Waals surface area (Å²) in [5.74, 6) is 0.537. The molecule has 1 fully saturated rings. The van der Waals surface area contributed by atoms with Crippen LogP contribution >= 0.6 is 11.6 Å². The molecule has 1 aliphatic rings. The highest BCUT2D eigenvalue weighted by Crippen LogP contribution is 2.21. The topological polar surface area (TPSA) is 70.4 Å². The van der Waals surface area contributed by atoms with Gasteiger partial charge in [-0.1, -0.05) is 17.7 Å².